The first-order chi connectivity index (χ1) is 9.22. The van der Waals surface area contributed by atoms with Crippen molar-refractivity contribution in [3.63, 3.8) is 0 Å². The molecule has 0 bridgehead atoms. The summed E-state index contributed by atoms with van der Waals surface area (Å²) < 4.78 is 5.34. The first-order valence-electron chi connectivity index (χ1n) is 6.35. The molecular weight excluding hydrogens is 238 g/mol. The predicted octanol–water partition coefficient (Wildman–Crippen LogP) is 2.64. The summed E-state index contributed by atoms with van der Waals surface area (Å²) in [5.74, 6) is 0.901. The maximum atomic E-state index is 5.34. The Kier molecular flexibility index (Phi) is 4.47. The number of nitrogens with zero attached hydrogens (tertiary/aromatic N) is 2. The topological polar surface area (TPSA) is 47.0 Å². The van der Waals surface area contributed by atoms with Crippen LogP contribution in [-0.4, -0.2) is 17.1 Å². The maximum absolute atomic E-state index is 5.34. The third-order valence-electron chi connectivity index (χ3n) is 3.12. The number of methoxy groups -OCH3 is 1. The van der Waals surface area contributed by atoms with Crippen molar-refractivity contribution in [2.45, 2.75) is 26.4 Å². The van der Waals surface area contributed by atoms with E-state index in [1.165, 1.54) is 0 Å². The number of nitrogens with one attached hydrogen (secondary N) is 1. The number of aromatic nitrogens is 2. The Hall–Kier alpha value is -1.94. The summed E-state index contributed by atoms with van der Waals surface area (Å²) in [6, 6.07) is 8.16. The Bertz CT molecular complexity index is 542. The van der Waals surface area contributed by atoms with E-state index in [1.807, 2.05) is 25.1 Å². The molecule has 1 heterocycles. The molecule has 4 nitrogen and oxygen atoms in total. The van der Waals surface area contributed by atoms with Gasteiger partial charge in [0.15, 0.2) is 0 Å². The van der Waals surface area contributed by atoms with Gasteiger partial charge in [-0.05, 0) is 19.9 Å². The van der Waals surface area contributed by atoms with Crippen LogP contribution in [0.4, 0.5) is 0 Å². The molecule has 0 spiro atoms. The summed E-state index contributed by atoms with van der Waals surface area (Å²) in [5.41, 5.74) is 3.08. The van der Waals surface area contributed by atoms with Gasteiger partial charge in [-0.1, -0.05) is 18.2 Å². The molecule has 0 saturated carbocycles. The van der Waals surface area contributed by atoms with Crippen LogP contribution in [-0.2, 0) is 6.54 Å². The standard InChI is InChI=1S/C15H19N3O/c1-11-15(17-9-8-16-11)12(2)18-10-13-6-4-5-7-14(13)19-3/h4-9,12,18H,10H2,1-3H3. The largest absolute Gasteiger partial charge is 0.496 e. The van der Waals surface area contributed by atoms with Crippen LogP contribution in [0.5, 0.6) is 5.75 Å². The number of para-hydroxylation sites is 1. The summed E-state index contributed by atoms with van der Waals surface area (Å²) in [6.07, 6.45) is 3.44. The molecule has 0 aliphatic rings. The van der Waals surface area contributed by atoms with E-state index >= 15 is 0 Å². The van der Waals surface area contributed by atoms with Crippen molar-refractivity contribution >= 4 is 0 Å². The fourth-order valence-corrected chi connectivity index (χ4v) is 2.05. The van der Waals surface area contributed by atoms with Crippen molar-refractivity contribution in [2.75, 3.05) is 7.11 Å². The van der Waals surface area contributed by atoms with E-state index in [9.17, 15) is 0 Å². The van der Waals surface area contributed by atoms with E-state index in [4.69, 9.17) is 4.74 Å². The first kappa shape index (κ1) is 13.5. The quantitative estimate of drug-likeness (QED) is 0.894. The van der Waals surface area contributed by atoms with Crippen LogP contribution in [0.3, 0.4) is 0 Å². The minimum atomic E-state index is 0.151. The van der Waals surface area contributed by atoms with Gasteiger partial charge in [-0.2, -0.15) is 0 Å². The molecule has 19 heavy (non-hydrogen) atoms. The van der Waals surface area contributed by atoms with Crippen LogP contribution in [0, 0.1) is 6.92 Å². The molecule has 2 aromatic rings. The Morgan fingerprint density at radius 3 is 2.68 bits per heavy atom. The highest BCUT2D eigenvalue weighted by Gasteiger charge is 2.10. The minimum absolute atomic E-state index is 0.151. The molecule has 1 N–H and O–H groups in total. The Morgan fingerprint density at radius 2 is 1.95 bits per heavy atom. The SMILES string of the molecule is COc1ccccc1CNC(C)c1nccnc1C. The monoisotopic (exact) mass is 257 g/mol. The molecule has 1 aromatic carbocycles. The van der Waals surface area contributed by atoms with Crippen LogP contribution in [0.15, 0.2) is 36.7 Å². The Morgan fingerprint density at radius 1 is 1.21 bits per heavy atom. The van der Waals surface area contributed by atoms with E-state index in [0.29, 0.717) is 0 Å². The average Bonchev–Trinajstić information content (AvgIpc) is 2.45. The van der Waals surface area contributed by atoms with Crippen molar-refractivity contribution in [3.8, 4) is 5.75 Å². The summed E-state index contributed by atoms with van der Waals surface area (Å²) in [4.78, 5) is 8.64. The second-order valence-corrected chi connectivity index (χ2v) is 4.44. The van der Waals surface area contributed by atoms with Crippen molar-refractivity contribution in [3.05, 3.63) is 53.6 Å². The molecule has 0 radical (unpaired) electrons. The molecule has 0 aliphatic heterocycles. The van der Waals surface area contributed by atoms with Gasteiger partial charge in [0, 0.05) is 30.5 Å². The van der Waals surface area contributed by atoms with Crippen LogP contribution < -0.4 is 10.1 Å². The van der Waals surface area contributed by atoms with E-state index in [1.54, 1.807) is 19.5 Å². The molecule has 2 rings (SSSR count). The fourth-order valence-electron chi connectivity index (χ4n) is 2.05. The summed E-state index contributed by atoms with van der Waals surface area (Å²) in [5, 5.41) is 3.45. The summed E-state index contributed by atoms with van der Waals surface area (Å²) in [7, 11) is 1.69. The van der Waals surface area contributed by atoms with Gasteiger partial charge in [0.2, 0.25) is 0 Å². The lowest BCUT2D eigenvalue weighted by molar-refractivity contribution is 0.405. The third-order valence-corrected chi connectivity index (χ3v) is 3.12. The van der Waals surface area contributed by atoms with Gasteiger partial charge < -0.3 is 10.1 Å². The zero-order valence-corrected chi connectivity index (χ0v) is 11.6. The van der Waals surface area contributed by atoms with Crippen molar-refractivity contribution in [1.29, 1.82) is 0 Å². The fraction of sp³-hybridized carbons (Fsp3) is 0.333. The van der Waals surface area contributed by atoms with Crippen molar-refractivity contribution < 1.29 is 4.74 Å². The molecule has 4 heteroatoms. The zero-order chi connectivity index (χ0) is 13.7. The normalized spacial score (nSPS) is 12.2. The van der Waals surface area contributed by atoms with Crippen LogP contribution in [0.1, 0.15) is 29.9 Å². The molecule has 0 saturated heterocycles. The molecule has 0 amide bonds. The van der Waals surface area contributed by atoms with Crippen molar-refractivity contribution in [2.24, 2.45) is 0 Å². The highest BCUT2D eigenvalue weighted by atomic mass is 16.5. The highest BCUT2D eigenvalue weighted by Crippen LogP contribution is 2.19. The molecular formula is C15H19N3O. The lowest BCUT2D eigenvalue weighted by Gasteiger charge is -2.16. The molecule has 1 unspecified atom stereocenters. The van der Waals surface area contributed by atoms with Gasteiger partial charge in [-0.15, -0.1) is 0 Å². The smallest absolute Gasteiger partial charge is 0.123 e. The van der Waals surface area contributed by atoms with Gasteiger partial charge in [0.25, 0.3) is 0 Å². The second kappa shape index (κ2) is 6.29. The predicted molar refractivity (Wildman–Crippen MR) is 75.0 cm³/mol. The van der Waals surface area contributed by atoms with Gasteiger partial charge in [0.05, 0.1) is 18.5 Å². The van der Waals surface area contributed by atoms with Crippen LogP contribution in [0.2, 0.25) is 0 Å². The number of aryl methyl sites for hydroxylation is 1. The van der Waals surface area contributed by atoms with Gasteiger partial charge in [-0.25, -0.2) is 0 Å². The summed E-state index contributed by atoms with van der Waals surface area (Å²) in [6.45, 7) is 4.80. The molecule has 0 aliphatic carbocycles. The lowest BCUT2D eigenvalue weighted by atomic mass is 10.1. The van der Waals surface area contributed by atoms with E-state index < -0.39 is 0 Å². The van der Waals surface area contributed by atoms with E-state index in [0.717, 1.165) is 29.2 Å². The second-order valence-electron chi connectivity index (χ2n) is 4.44. The molecule has 1 aromatic heterocycles. The summed E-state index contributed by atoms with van der Waals surface area (Å²) >= 11 is 0. The van der Waals surface area contributed by atoms with E-state index in [2.05, 4.69) is 28.3 Å². The van der Waals surface area contributed by atoms with Gasteiger partial charge in [-0.3, -0.25) is 9.97 Å². The number of benzene rings is 1. The lowest BCUT2D eigenvalue weighted by Crippen LogP contribution is -2.20. The maximum Gasteiger partial charge on any atom is 0.123 e. The van der Waals surface area contributed by atoms with Crippen LogP contribution in [0.25, 0.3) is 0 Å². The zero-order valence-electron chi connectivity index (χ0n) is 11.6. The number of hydrogen-bond acceptors (Lipinski definition) is 4. The average molecular weight is 257 g/mol. The van der Waals surface area contributed by atoms with E-state index in [-0.39, 0.29) is 6.04 Å². The van der Waals surface area contributed by atoms with Gasteiger partial charge in [0.1, 0.15) is 5.75 Å². The number of ether oxygens (including phenoxy) is 1. The minimum Gasteiger partial charge on any atom is -0.496 e. The van der Waals surface area contributed by atoms with Crippen molar-refractivity contribution in [1.82, 2.24) is 15.3 Å². The Balaban J connectivity index is 2.04. The Labute approximate surface area is 113 Å². The molecule has 0 fully saturated rings. The molecule has 100 valence electrons. The number of rotatable bonds is 5. The van der Waals surface area contributed by atoms with Crippen LogP contribution >= 0.6 is 0 Å². The first-order valence-corrected chi connectivity index (χ1v) is 6.35. The highest BCUT2D eigenvalue weighted by molar-refractivity contribution is 5.33. The molecule has 1 atom stereocenters. The van der Waals surface area contributed by atoms with Gasteiger partial charge >= 0.3 is 0 Å². The third kappa shape index (κ3) is 3.29. The number of hydrogen-bond donors (Lipinski definition) is 1.